The van der Waals surface area contributed by atoms with E-state index in [-0.39, 0.29) is 24.2 Å². The average Bonchev–Trinajstić information content (AvgIpc) is 3.19. The minimum atomic E-state index is -0.0962. The molecule has 0 radical (unpaired) electrons. The zero-order valence-corrected chi connectivity index (χ0v) is 17.1. The summed E-state index contributed by atoms with van der Waals surface area (Å²) in [6.07, 6.45) is 0. The summed E-state index contributed by atoms with van der Waals surface area (Å²) in [6.45, 7) is 3.10. The summed E-state index contributed by atoms with van der Waals surface area (Å²) in [4.78, 5) is 13.4. The monoisotopic (exact) mass is 418 g/mol. The Morgan fingerprint density at radius 2 is 1.89 bits per heavy atom. The van der Waals surface area contributed by atoms with Crippen LogP contribution < -0.4 is 11.1 Å². The molecule has 148 valence electrons. The number of para-hydroxylation sites is 1. The number of carbonyl (C=O) groups excluding carboxylic acids is 1. The summed E-state index contributed by atoms with van der Waals surface area (Å²) in [7, 11) is 0. The number of benzene rings is 2. The first-order chi connectivity index (χ1) is 13.2. The molecule has 1 atom stereocenters. The Morgan fingerprint density at radius 1 is 1.18 bits per heavy atom. The molecule has 3 aromatic rings. The van der Waals surface area contributed by atoms with Crippen LogP contribution in [-0.2, 0) is 5.75 Å². The van der Waals surface area contributed by atoms with Crippen LogP contribution in [0.25, 0.3) is 5.69 Å². The predicted molar refractivity (Wildman–Crippen MR) is 113 cm³/mol. The molecule has 0 aliphatic rings. The van der Waals surface area contributed by atoms with Gasteiger partial charge in [0.15, 0.2) is 5.82 Å². The molecule has 2 aromatic carbocycles. The third-order valence-corrected chi connectivity index (χ3v) is 5.11. The number of tetrazole rings is 1. The van der Waals surface area contributed by atoms with Crippen LogP contribution in [0.4, 0.5) is 0 Å². The Hall–Kier alpha value is -2.42. The Kier molecular flexibility index (Phi) is 8.43. The second kappa shape index (κ2) is 10.8. The molecule has 0 bridgehead atoms. The lowest BCUT2D eigenvalue weighted by Crippen LogP contribution is -2.31. The number of halogens is 1. The van der Waals surface area contributed by atoms with Gasteiger partial charge in [-0.25, -0.2) is 0 Å². The molecule has 0 spiro atoms. The normalized spacial score (nSPS) is 11.5. The number of nitrogens with one attached hydrogen (secondary N) is 1. The summed E-state index contributed by atoms with van der Waals surface area (Å²) in [5.74, 6) is 1.41. The van der Waals surface area contributed by atoms with E-state index in [0.29, 0.717) is 24.4 Å². The highest BCUT2D eigenvalue weighted by Gasteiger charge is 2.14. The van der Waals surface area contributed by atoms with E-state index >= 15 is 0 Å². The fourth-order valence-corrected chi connectivity index (χ4v) is 3.39. The fraction of sp³-hybridized carbons (Fsp3) is 0.263. The maximum Gasteiger partial charge on any atom is 0.252 e. The molecule has 1 amide bonds. The van der Waals surface area contributed by atoms with Crippen LogP contribution in [0.2, 0.25) is 0 Å². The van der Waals surface area contributed by atoms with Gasteiger partial charge in [0.05, 0.1) is 17.0 Å². The number of thioether (sulfide) groups is 1. The number of nitrogens with two attached hydrogens (primary N) is 1. The topological polar surface area (TPSA) is 98.7 Å². The number of amides is 1. The van der Waals surface area contributed by atoms with Gasteiger partial charge in [-0.05, 0) is 47.2 Å². The van der Waals surface area contributed by atoms with Crippen molar-refractivity contribution >= 4 is 30.1 Å². The SMILES string of the molecule is CC(CN)CNC(=O)c1ccccc1SCc1nnnn1-c1ccccc1.Cl. The lowest BCUT2D eigenvalue weighted by Gasteiger charge is -2.12. The Labute approximate surface area is 174 Å². The van der Waals surface area contributed by atoms with Gasteiger partial charge in [-0.2, -0.15) is 4.68 Å². The van der Waals surface area contributed by atoms with Crippen molar-refractivity contribution in [1.29, 1.82) is 0 Å². The first kappa shape index (κ1) is 21.9. The quantitative estimate of drug-likeness (QED) is 0.545. The largest absolute Gasteiger partial charge is 0.352 e. The second-order valence-corrected chi connectivity index (χ2v) is 7.20. The molecule has 1 unspecified atom stereocenters. The number of rotatable bonds is 8. The highest BCUT2D eigenvalue weighted by Crippen LogP contribution is 2.26. The van der Waals surface area contributed by atoms with Gasteiger partial charge in [0, 0.05) is 11.4 Å². The molecule has 0 saturated heterocycles. The van der Waals surface area contributed by atoms with Crippen LogP contribution in [-0.4, -0.2) is 39.2 Å². The Morgan fingerprint density at radius 3 is 2.64 bits per heavy atom. The first-order valence-electron chi connectivity index (χ1n) is 8.71. The molecule has 1 heterocycles. The minimum Gasteiger partial charge on any atom is -0.352 e. The van der Waals surface area contributed by atoms with E-state index in [2.05, 4.69) is 20.8 Å². The fourth-order valence-electron chi connectivity index (χ4n) is 2.43. The van der Waals surface area contributed by atoms with Gasteiger partial charge >= 0.3 is 0 Å². The summed E-state index contributed by atoms with van der Waals surface area (Å²) in [6, 6.07) is 17.3. The van der Waals surface area contributed by atoms with Crippen molar-refractivity contribution in [2.24, 2.45) is 11.7 Å². The van der Waals surface area contributed by atoms with E-state index in [1.54, 1.807) is 4.68 Å². The van der Waals surface area contributed by atoms with Crippen molar-refractivity contribution in [2.75, 3.05) is 13.1 Å². The molecule has 3 rings (SSSR count). The van der Waals surface area contributed by atoms with Crippen molar-refractivity contribution in [3.8, 4) is 5.69 Å². The molecule has 28 heavy (non-hydrogen) atoms. The molecule has 9 heteroatoms. The maximum atomic E-state index is 12.5. The standard InChI is InChI=1S/C19H22N6OS.ClH/c1-14(11-20)12-21-19(26)16-9-5-6-10-17(16)27-13-18-22-23-24-25(18)15-7-3-2-4-8-15;/h2-10,14H,11-13,20H2,1H3,(H,21,26);1H. The molecule has 0 aliphatic carbocycles. The smallest absolute Gasteiger partial charge is 0.252 e. The average molecular weight is 419 g/mol. The zero-order chi connectivity index (χ0) is 19.1. The zero-order valence-electron chi connectivity index (χ0n) is 15.5. The number of nitrogens with zero attached hydrogens (tertiary/aromatic N) is 4. The van der Waals surface area contributed by atoms with Gasteiger partial charge in [0.1, 0.15) is 0 Å². The van der Waals surface area contributed by atoms with E-state index < -0.39 is 0 Å². The van der Waals surface area contributed by atoms with E-state index in [1.807, 2.05) is 61.5 Å². The molecule has 3 N–H and O–H groups in total. The Bertz CT molecular complexity index is 889. The van der Waals surface area contributed by atoms with Crippen LogP contribution in [0.15, 0.2) is 59.5 Å². The molecular weight excluding hydrogens is 396 g/mol. The summed E-state index contributed by atoms with van der Waals surface area (Å²) < 4.78 is 1.71. The van der Waals surface area contributed by atoms with Gasteiger partial charge in [0.25, 0.3) is 5.91 Å². The third kappa shape index (κ3) is 5.54. The number of carbonyl (C=O) groups is 1. The molecule has 7 nitrogen and oxygen atoms in total. The van der Waals surface area contributed by atoms with Gasteiger partial charge in [-0.1, -0.05) is 37.3 Å². The highest BCUT2D eigenvalue weighted by molar-refractivity contribution is 7.98. The maximum absolute atomic E-state index is 12.5. The predicted octanol–water partition coefficient (Wildman–Crippen LogP) is 2.70. The summed E-state index contributed by atoms with van der Waals surface area (Å²) in [5, 5.41) is 14.9. The molecule has 0 saturated carbocycles. The molecule has 0 aliphatic heterocycles. The highest BCUT2D eigenvalue weighted by atomic mass is 35.5. The van der Waals surface area contributed by atoms with Crippen LogP contribution >= 0.6 is 24.2 Å². The van der Waals surface area contributed by atoms with E-state index in [0.717, 1.165) is 16.4 Å². The van der Waals surface area contributed by atoms with Crippen molar-refractivity contribution in [2.45, 2.75) is 17.6 Å². The lowest BCUT2D eigenvalue weighted by molar-refractivity contribution is 0.0945. The number of hydrogen-bond acceptors (Lipinski definition) is 6. The van der Waals surface area contributed by atoms with E-state index in [1.165, 1.54) is 11.8 Å². The van der Waals surface area contributed by atoms with Gasteiger partial charge in [-0.3, -0.25) is 4.79 Å². The van der Waals surface area contributed by atoms with E-state index in [4.69, 9.17) is 5.73 Å². The summed E-state index contributed by atoms with van der Waals surface area (Å²) in [5.41, 5.74) is 7.16. The number of aromatic nitrogens is 4. The Balaban J connectivity index is 0.00000280. The minimum absolute atomic E-state index is 0. The second-order valence-electron chi connectivity index (χ2n) is 6.18. The van der Waals surface area contributed by atoms with Crippen LogP contribution in [0.3, 0.4) is 0 Å². The third-order valence-electron chi connectivity index (χ3n) is 4.04. The van der Waals surface area contributed by atoms with Crippen molar-refractivity contribution in [3.63, 3.8) is 0 Å². The number of hydrogen-bond donors (Lipinski definition) is 2. The lowest BCUT2D eigenvalue weighted by atomic mass is 10.1. The molecule has 0 fully saturated rings. The van der Waals surface area contributed by atoms with Crippen LogP contribution in [0.5, 0.6) is 0 Å². The summed E-state index contributed by atoms with van der Waals surface area (Å²) >= 11 is 1.53. The van der Waals surface area contributed by atoms with Crippen LogP contribution in [0.1, 0.15) is 23.1 Å². The molecular formula is C19H23ClN6OS. The first-order valence-corrected chi connectivity index (χ1v) is 9.70. The van der Waals surface area contributed by atoms with Crippen LogP contribution in [0, 0.1) is 5.92 Å². The van der Waals surface area contributed by atoms with Gasteiger partial charge < -0.3 is 11.1 Å². The van der Waals surface area contributed by atoms with Gasteiger partial charge in [0.2, 0.25) is 0 Å². The van der Waals surface area contributed by atoms with Crippen molar-refractivity contribution in [3.05, 3.63) is 66.0 Å². The molecule has 1 aromatic heterocycles. The van der Waals surface area contributed by atoms with Crippen molar-refractivity contribution < 1.29 is 4.79 Å². The van der Waals surface area contributed by atoms with Gasteiger partial charge in [-0.15, -0.1) is 29.3 Å². The van der Waals surface area contributed by atoms with Crippen molar-refractivity contribution in [1.82, 2.24) is 25.5 Å². The van der Waals surface area contributed by atoms with E-state index in [9.17, 15) is 4.79 Å².